The Hall–Kier alpha value is -0.900. The smallest absolute Gasteiger partial charge is 0.191 e. The van der Waals surface area contributed by atoms with Gasteiger partial charge in [-0.15, -0.1) is 24.0 Å². The molecule has 24 heavy (non-hydrogen) atoms. The maximum Gasteiger partial charge on any atom is 0.191 e. The third-order valence-electron chi connectivity index (χ3n) is 4.31. The first-order valence-corrected chi connectivity index (χ1v) is 9.83. The number of nitrogens with one attached hydrogen (secondary N) is 2. The molecule has 0 aromatic heterocycles. The lowest BCUT2D eigenvalue weighted by molar-refractivity contribution is 0.598. The fourth-order valence-corrected chi connectivity index (χ4v) is 4.72. The summed E-state index contributed by atoms with van der Waals surface area (Å²) in [6.45, 7) is 2.53. The Kier molecular flexibility index (Phi) is 6.46. The Morgan fingerprint density at radius 2 is 2.08 bits per heavy atom. The Morgan fingerprint density at radius 1 is 1.33 bits per heavy atom. The molecule has 0 amide bonds. The van der Waals surface area contributed by atoms with Crippen molar-refractivity contribution in [2.24, 2.45) is 4.99 Å². The summed E-state index contributed by atoms with van der Waals surface area (Å²) in [5.41, 5.74) is 0.726. The Labute approximate surface area is 159 Å². The molecule has 1 saturated heterocycles. The van der Waals surface area contributed by atoms with Crippen LogP contribution in [0, 0.1) is 5.82 Å². The van der Waals surface area contributed by atoms with Crippen LogP contribution in [-0.2, 0) is 9.84 Å². The highest BCUT2D eigenvalue weighted by Crippen LogP contribution is 2.41. The number of halogens is 2. The van der Waals surface area contributed by atoms with E-state index in [1.54, 1.807) is 6.07 Å². The molecule has 1 aliphatic heterocycles. The van der Waals surface area contributed by atoms with Gasteiger partial charge in [-0.2, -0.15) is 0 Å². The molecule has 2 N–H and O–H groups in total. The monoisotopic (exact) mass is 467 g/mol. The van der Waals surface area contributed by atoms with Crippen LogP contribution in [0.25, 0.3) is 0 Å². The van der Waals surface area contributed by atoms with E-state index in [1.807, 2.05) is 19.1 Å². The molecule has 0 spiro atoms. The van der Waals surface area contributed by atoms with Crippen LogP contribution in [0.15, 0.2) is 29.3 Å². The van der Waals surface area contributed by atoms with Gasteiger partial charge in [0.1, 0.15) is 5.82 Å². The van der Waals surface area contributed by atoms with E-state index in [-0.39, 0.29) is 59.3 Å². The topological polar surface area (TPSA) is 70.6 Å². The van der Waals surface area contributed by atoms with E-state index < -0.39 is 9.84 Å². The highest BCUT2D eigenvalue weighted by Gasteiger charge is 2.41. The highest BCUT2D eigenvalue weighted by molar-refractivity contribution is 14.0. The molecule has 2 fully saturated rings. The van der Waals surface area contributed by atoms with Gasteiger partial charge in [-0.25, -0.2) is 12.8 Å². The Morgan fingerprint density at radius 3 is 2.71 bits per heavy atom. The fourth-order valence-electron chi connectivity index (χ4n) is 3.04. The van der Waals surface area contributed by atoms with E-state index >= 15 is 0 Å². The number of aliphatic imine (C=N–C) groups is 1. The summed E-state index contributed by atoms with van der Waals surface area (Å²) in [5.74, 6) is 0.973. The van der Waals surface area contributed by atoms with Gasteiger partial charge >= 0.3 is 0 Å². The zero-order valence-corrected chi connectivity index (χ0v) is 16.7. The molecule has 5 nitrogen and oxygen atoms in total. The van der Waals surface area contributed by atoms with E-state index in [9.17, 15) is 12.8 Å². The molecule has 134 valence electrons. The van der Waals surface area contributed by atoms with E-state index in [1.165, 1.54) is 6.07 Å². The van der Waals surface area contributed by atoms with Crippen LogP contribution in [0.2, 0.25) is 0 Å². The third-order valence-corrected chi connectivity index (χ3v) is 6.07. The number of hydrogen-bond donors (Lipinski definition) is 2. The van der Waals surface area contributed by atoms with Gasteiger partial charge in [0.15, 0.2) is 15.8 Å². The molecule has 3 rings (SSSR count). The second kappa shape index (κ2) is 7.99. The van der Waals surface area contributed by atoms with Crippen molar-refractivity contribution in [1.29, 1.82) is 0 Å². The molecular weight excluding hydrogens is 444 g/mol. The molecule has 1 aliphatic carbocycles. The van der Waals surface area contributed by atoms with Gasteiger partial charge in [-0.05, 0) is 31.4 Å². The maximum atomic E-state index is 13.8. The molecule has 1 aromatic carbocycles. The van der Waals surface area contributed by atoms with Crippen LogP contribution in [0.4, 0.5) is 4.39 Å². The predicted octanol–water partition coefficient (Wildman–Crippen LogP) is 2.04. The van der Waals surface area contributed by atoms with Crippen LogP contribution in [-0.4, -0.2) is 44.5 Å². The van der Waals surface area contributed by atoms with Crippen LogP contribution in [0.3, 0.4) is 0 Å². The highest BCUT2D eigenvalue weighted by atomic mass is 127. The van der Waals surface area contributed by atoms with Crippen molar-refractivity contribution in [2.45, 2.75) is 37.8 Å². The maximum absolute atomic E-state index is 13.8. The molecule has 8 heteroatoms. The van der Waals surface area contributed by atoms with Gasteiger partial charge in [0.25, 0.3) is 0 Å². The van der Waals surface area contributed by atoms with Crippen molar-refractivity contribution in [3.05, 3.63) is 35.6 Å². The van der Waals surface area contributed by atoms with Crippen LogP contribution in [0.1, 0.15) is 31.2 Å². The minimum absolute atomic E-state index is 0. The van der Waals surface area contributed by atoms with E-state index in [4.69, 9.17) is 0 Å². The van der Waals surface area contributed by atoms with Gasteiger partial charge < -0.3 is 10.6 Å². The third kappa shape index (κ3) is 4.81. The summed E-state index contributed by atoms with van der Waals surface area (Å²) < 4.78 is 36.9. The molecule has 2 aliphatic rings. The summed E-state index contributed by atoms with van der Waals surface area (Å²) in [6.07, 6.45) is 1.46. The van der Waals surface area contributed by atoms with Crippen molar-refractivity contribution in [3.8, 4) is 0 Å². The zero-order valence-electron chi connectivity index (χ0n) is 13.5. The average molecular weight is 467 g/mol. The second-order valence-electron chi connectivity index (χ2n) is 6.18. The normalized spacial score (nSPS) is 28.1. The molecule has 1 saturated carbocycles. The lowest BCUT2D eigenvalue weighted by Gasteiger charge is -2.16. The minimum atomic E-state index is -2.92. The van der Waals surface area contributed by atoms with Crippen molar-refractivity contribution >= 4 is 39.8 Å². The molecular formula is C16H23FIN3O2S. The quantitative estimate of drug-likeness (QED) is 0.404. The summed E-state index contributed by atoms with van der Waals surface area (Å²) in [5, 5.41) is 6.50. The number of nitrogens with zero attached hydrogens (tertiary/aromatic N) is 1. The Bertz CT molecular complexity index is 711. The molecule has 0 bridgehead atoms. The molecule has 3 unspecified atom stereocenters. The number of benzene rings is 1. The molecule has 1 aromatic rings. The second-order valence-corrected chi connectivity index (χ2v) is 8.41. The molecule has 1 heterocycles. The Balaban J connectivity index is 0.00000208. The number of hydrogen-bond acceptors (Lipinski definition) is 3. The predicted molar refractivity (Wildman–Crippen MR) is 104 cm³/mol. The van der Waals surface area contributed by atoms with Crippen molar-refractivity contribution in [2.75, 3.05) is 18.1 Å². The first kappa shape index (κ1) is 19.4. The average Bonchev–Trinajstić information content (AvgIpc) is 3.15. The van der Waals surface area contributed by atoms with Gasteiger partial charge in [-0.1, -0.05) is 18.2 Å². The first-order chi connectivity index (χ1) is 11.0. The van der Waals surface area contributed by atoms with E-state index in [2.05, 4.69) is 15.6 Å². The summed E-state index contributed by atoms with van der Waals surface area (Å²) in [7, 11) is -2.92. The van der Waals surface area contributed by atoms with Gasteiger partial charge in [0.05, 0.1) is 11.5 Å². The van der Waals surface area contributed by atoms with Gasteiger partial charge in [0, 0.05) is 24.5 Å². The molecule has 0 radical (unpaired) electrons. The number of sulfone groups is 1. The fraction of sp³-hybridized carbons (Fsp3) is 0.562. The molecule has 3 atom stereocenters. The van der Waals surface area contributed by atoms with Crippen molar-refractivity contribution in [1.82, 2.24) is 10.6 Å². The summed E-state index contributed by atoms with van der Waals surface area (Å²) in [4.78, 5) is 4.37. The number of rotatable bonds is 4. The zero-order chi connectivity index (χ0) is 16.4. The van der Waals surface area contributed by atoms with Crippen molar-refractivity contribution < 1.29 is 12.8 Å². The van der Waals surface area contributed by atoms with Crippen LogP contribution >= 0.6 is 24.0 Å². The number of guanidine groups is 1. The SMILES string of the molecule is CCN=C(NC1CCS(=O)(=O)C1)NC1CC1c1ccccc1F.I. The first-order valence-electron chi connectivity index (χ1n) is 8.01. The van der Waals surface area contributed by atoms with Crippen molar-refractivity contribution in [3.63, 3.8) is 0 Å². The van der Waals surface area contributed by atoms with Crippen LogP contribution < -0.4 is 10.6 Å². The lowest BCUT2D eigenvalue weighted by atomic mass is 10.1. The van der Waals surface area contributed by atoms with E-state index in [0.717, 1.165) is 12.0 Å². The minimum Gasteiger partial charge on any atom is -0.353 e. The van der Waals surface area contributed by atoms with E-state index in [0.29, 0.717) is 18.9 Å². The lowest BCUT2D eigenvalue weighted by Crippen LogP contribution is -2.45. The summed E-state index contributed by atoms with van der Waals surface area (Å²) in [6, 6.07) is 6.88. The standard InChI is InChI=1S/C16H22FN3O2S.HI/c1-2-18-16(19-11-7-8-23(21,22)10-11)20-15-9-13(15)12-5-3-4-6-14(12)17;/h3-6,11,13,15H,2,7-10H2,1H3,(H2,18,19,20);1H. The van der Waals surface area contributed by atoms with Gasteiger partial charge in [-0.3, -0.25) is 4.99 Å². The van der Waals surface area contributed by atoms with Crippen LogP contribution in [0.5, 0.6) is 0 Å². The summed E-state index contributed by atoms with van der Waals surface area (Å²) >= 11 is 0. The van der Waals surface area contributed by atoms with Gasteiger partial charge in [0.2, 0.25) is 0 Å². The largest absolute Gasteiger partial charge is 0.353 e.